The van der Waals surface area contributed by atoms with Crippen LogP contribution in [0.15, 0.2) is 36.7 Å². The van der Waals surface area contributed by atoms with Crippen molar-refractivity contribution in [2.45, 2.75) is 25.8 Å². The van der Waals surface area contributed by atoms with Gasteiger partial charge in [-0.1, -0.05) is 25.1 Å². The topological polar surface area (TPSA) is 29.9 Å². The molecule has 3 nitrogen and oxygen atoms in total. The molecule has 0 radical (unpaired) electrons. The van der Waals surface area contributed by atoms with Crippen LogP contribution in [0.1, 0.15) is 30.8 Å². The van der Waals surface area contributed by atoms with Gasteiger partial charge in [-0.15, -0.1) is 0 Å². The van der Waals surface area contributed by atoms with E-state index in [0.717, 1.165) is 30.8 Å². The lowest BCUT2D eigenvalue weighted by molar-refractivity contribution is 0.487. The van der Waals surface area contributed by atoms with Crippen LogP contribution in [0.2, 0.25) is 0 Å². The van der Waals surface area contributed by atoms with Crippen molar-refractivity contribution in [2.24, 2.45) is 7.05 Å². The van der Waals surface area contributed by atoms with E-state index in [9.17, 15) is 4.39 Å². The summed E-state index contributed by atoms with van der Waals surface area (Å²) in [5.74, 6) is 0.898. The van der Waals surface area contributed by atoms with Gasteiger partial charge in [0.15, 0.2) is 0 Å². The quantitative estimate of drug-likeness (QED) is 0.866. The average molecular weight is 261 g/mol. The van der Waals surface area contributed by atoms with E-state index in [0.29, 0.717) is 0 Å². The van der Waals surface area contributed by atoms with Gasteiger partial charge in [0.25, 0.3) is 0 Å². The number of hydrogen-bond donors (Lipinski definition) is 1. The minimum Gasteiger partial charge on any atom is -0.338 e. The maximum absolute atomic E-state index is 13.7. The van der Waals surface area contributed by atoms with Gasteiger partial charge < -0.3 is 9.88 Å². The largest absolute Gasteiger partial charge is 0.338 e. The van der Waals surface area contributed by atoms with Gasteiger partial charge in [-0.3, -0.25) is 0 Å². The summed E-state index contributed by atoms with van der Waals surface area (Å²) < 4.78 is 15.7. The summed E-state index contributed by atoms with van der Waals surface area (Å²) in [5.41, 5.74) is 0.741. The maximum atomic E-state index is 13.7. The Hall–Kier alpha value is -1.68. The Balaban J connectivity index is 1.93. The molecule has 0 aliphatic carbocycles. The molecule has 1 heterocycles. The molecule has 0 aliphatic rings. The third-order valence-electron chi connectivity index (χ3n) is 3.35. The van der Waals surface area contributed by atoms with Crippen molar-refractivity contribution in [3.8, 4) is 0 Å². The predicted octanol–water partition coefficient (Wildman–Crippen LogP) is 2.84. The smallest absolute Gasteiger partial charge is 0.127 e. The molecule has 0 bridgehead atoms. The average Bonchev–Trinajstić information content (AvgIpc) is 2.82. The molecule has 0 saturated heterocycles. The van der Waals surface area contributed by atoms with Gasteiger partial charge in [0.2, 0.25) is 0 Å². The van der Waals surface area contributed by atoms with Gasteiger partial charge in [0.1, 0.15) is 11.6 Å². The summed E-state index contributed by atoms with van der Waals surface area (Å²) >= 11 is 0. The van der Waals surface area contributed by atoms with E-state index in [-0.39, 0.29) is 11.9 Å². The molecule has 1 aromatic carbocycles. The second-order valence-electron chi connectivity index (χ2n) is 4.64. The lowest BCUT2D eigenvalue weighted by atomic mass is 10.0. The Morgan fingerprint density at radius 1 is 1.37 bits per heavy atom. The molecule has 0 aliphatic heterocycles. The molecule has 0 amide bonds. The number of nitrogens with zero attached hydrogens (tertiary/aromatic N) is 2. The molecule has 1 atom stereocenters. The first-order valence-electron chi connectivity index (χ1n) is 6.66. The Kier molecular flexibility index (Phi) is 4.68. The van der Waals surface area contributed by atoms with Gasteiger partial charge in [0, 0.05) is 44.0 Å². The second kappa shape index (κ2) is 6.48. The molecular formula is C15H20FN3. The number of benzene rings is 1. The lowest BCUT2D eigenvalue weighted by Crippen LogP contribution is -2.24. The molecule has 2 aromatic rings. The normalized spacial score (nSPS) is 12.6. The zero-order valence-corrected chi connectivity index (χ0v) is 11.4. The molecule has 0 fully saturated rings. The molecule has 102 valence electrons. The fourth-order valence-electron chi connectivity index (χ4n) is 2.23. The standard InChI is InChI=1S/C15H20FN3/c1-3-14(12-6-4-5-7-13(12)16)17-9-8-15-18-10-11-19(15)2/h4-7,10-11,14,17H,3,8-9H2,1-2H3. The van der Waals surface area contributed by atoms with E-state index in [1.54, 1.807) is 12.3 Å². The van der Waals surface area contributed by atoms with Crippen LogP contribution < -0.4 is 5.32 Å². The van der Waals surface area contributed by atoms with Gasteiger partial charge in [-0.2, -0.15) is 0 Å². The minimum absolute atomic E-state index is 0.0569. The molecular weight excluding hydrogens is 241 g/mol. The van der Waals surface area contributed by atoms with Crippen molar-refractivity contribution in [1.29, 1.82) is 0 Å². The Morgan fingerprint density at radius 3 is 2.79 bits per heavy atom. The van der Waals surface area contributed by atoms with Crippen LogP contribution >= 0.6 is 0 Å². The SMILES string of the molecule is CCC(NCCc1nccn1C)c1ccccc1F. The summed E-state index contributed by atoms with van der Waals surface area (Å²) in [7, 11) is 1.98. The first-order valence-corrected chi connectivity index (χ1v) is 6.66. The lowest BCUT2D eigenvalue weighted by Gasteiger charge is -2.18. The maximum Gasteiger partial charge on any atom is 0.127 e. The molecule has 0 saturated carbocycles. The third kappa shape index (κ3) is 3.41. The number of halogens is 1. The van der Waals surface area contributed by atoms with Crippen molar-refractivity contribution in [3.63, 3.8) is 0 Å². The van der Waals surface area contributed by atoms with Gasteiger partial charge in [-0.25, -0.2) is 9.37 Å². The van der Waals surface area contributed by atoms with Gasteiger partial charge >= 0.3 is 0 Å². The van der Waals surface area contributed by atoms with Crippen LogP contribution in [0.3, 0.4) is 0 Å². The highest BCUT2D eigenvalue weighted by Gasteiger charge is 2.12. The predicted molar refractivity (Wildman–Crippen MR) is 74.3 cm³/mol. The summed E-state index contributed by atoms with van der Waals surface area (Å²) in [6.07, 6.45) is 5.43. The van der Waals surface area contributed by atoms with Gasteiger partial charge in [-0.05, 0) is 12.5 Å². The number of imidazole rings is 1. The monoisotopic (exact) mass is 261 g/mol. The molecule has 0 spiro atoms. The summed E-state index contributed by atoms with van der Waals surface area (Å²) in [4.78, 5) is 4.28. The van der Waals surface area contributed by atoms with E-state index in [2.05, 4.69) is 17.2 Å². The molecule has 2 rings (SSSR count). The highest BCUT2D eigenvalue weighted by molar-refractivity contribution is 5.21. The summed E-state index contributed by atoms with van der Waals surface area (Å²) in [5, 5.41) is 3.40. The Morgan fingerprint density at radius 2 is 2.16 bits per heavy atom. The van der Waals surface area contributed by atoms with Crippen molar-refractivity contribution in [2.75, 3.05) is 6.54 Å². The molecule has 4 heteroatoms. The highest BCUT2D eigenvalue weighted by atomic mass is 19.1. The molecule has 1 aromatic heterocycles. The molecule has 19 heavy (non-hydrogen) atoms. The van der Waals surface area contributed by atoms with E-state index < -0.39 is 0 Å². The number of rotatable bonds is 6. The zero-order chi connectivity index (χ0) is 13.7. The Labute approximate surface area is 113 Å². The minimum atomic E-state index is -0.140. The molecule has 1 N–H and O–H groups in total. The van der Waals surface area contributed by atoms with E-state index >= 15 is 0 Å². The first-order chi connectivity index (χ1) is 9.22. The van der Waals surface area contributed by atoms with Crippen molar-refractivity contribution >= 4 is 0 Å². The zero-order valence-electron chi connectivity index (χ0n) is 11.4. The Bertz CT molecular complexity index is 522. The van der Waals surface area contributed by atoms with Crippen LogP contribution in [-0.2, 0) is 13.5 Å². The van der Waals surface area contributed by atoms with Crippen LogP contribution in [0.4, 0.5) is 4.39 Å². The number of nitrogens with one attached hydrogen (secondary N) is 1. The van der Waals surface area contributed by atoms with Crippen molar-refractivity contribution in [3.05, 3.63) is 53.9 Å². The third-order valence-corrected chi connectivity index (χ3v) is 3.35. The second-order valence-corrected chi connectivity index (χ2v) is 4.64. The summed E-state index contributed by atoms with van der Waals surface area (Å²) in [6, 6.07) is 7.01. The number of hydrogen-bond acceptors (Lipinski definition) is 2. The fraction of sp³-hybridized carbons (Fsp3) is 0.400. The van der Waals surface area contributed by atoms with Crippen LogP contribution in [0.5, 0.6) is 0 Å². The van der Waals surface area contributed by atoms with Crippen LogP contribution in [0, 0.1) is 5.82 Å². The van der Waals surface area contributed by atoms with E-state index in [4.69, 9.17) is 0 Å². The first kappa shape index (κ1) is 13.7. The van der Waals surface area contributed by atoms with Crippen LogP contribution in [0.25, 0.3) is 0 Å². The van der Waals surface area contributed by atoms with Crippen LogP contribution in [-0.4, -0.2) is 16.1 Å². The van der Waals surface area contributed by atoms with E-state index in [1.807, 2.05) is 29.9 Å². The fourth-order valence-corrected chi connectivity index (χ4v) is 2.23. The van der Waals surface area contributed by atoms with E-state index in [1.165, 1.54) is 6.07 Å². The summed E-state index contributed by atoms with van der Waals surface area (Å²) in [6.45, 7) is 2.85. The number of aromatic nitrogens is 2. The van der Waals surface area contributed by atoms with Crippen molar-refractivity contribution in [1.82, 2.24) is 14.9 Å². The number of aryl methyl sites for hydroxylation is 1. The molecule has 1 unspecified atom stereocenters. The van der Waals surface area contributed by atoms with Crippen molar-refractivity contribution < 1.29 is 4.39 Å². The van der Waals surface area contributed by atoms with Gasteiger partial charge in [0.05, 0.1) is 0 Å². The highest BCUT2D eigenvalue weighted by Crippen LogP contribution is 2.19.